The summed E-state index contributed by atoms with van der Waals surface area (Å²) < 4.78 is 18.5. The first-order valence-corrected chi connectivity index (χ1v) is 7.63. The Hall–Kier alpha value is -2.28. The minimum absolute atomic E-state index is 0.638. The number of hydrogen-bond acceptors (Lipinski definition) is 6. The summed E-state index contributed by atoms with van der Waals surface area (Å²) in [6.45, 7) is 3.58. The van der Waals surface area contributed by atoms with E-state index in [1.54, 1.807) is 27.7 Å². The summed E-state index contributed by atoms with van der Waals surface area (Å²) in [7, 11) is 4.91. The topological polar surface area (TPSA) is 61.6 Å². The minimum atomic E-state index is 0.638. The average Bonchev–Trinajstić information content (AvgIpc) is 2.95. The fourth-order valence-corrected chi connectivity index (χ4v) is 2.97. The Balaban J connectivity index is 1.79. The molecule has 2 aromatic rings. The highest BCUT2D eigenvalue weighted by Gasteiger charge is 2.20. The van der Waals surface area contributed by atoms with Crippen LogP contribution in [-0.4, -0.2) is 54.1 Å². The Morgan fingerprint density at radius 1 is 1.00 bits per heavy atom. The Kier molecular flexibility index (Phi) is 4.66. The maximum absolute atomic E-state index is 5.57. The minimum Gasteiger partial charge on any atom is -0.493 e. The third-order valence-electron chi connectivity index (χ3n) is 4.18. The second-order valence-electron chi connectivity index (χ2n) is 5.46. The molecule has 3 rings (SSSR count). The number of nitrogens with zero attached hydrogens (tertiary/aromatic N) is 4. The van der Waals surface area contributed by atoms with Crippen molar-refractivity contribution >= 4 is 0 Å². The molecule has 0 N–H and O–H groups in total. The molecule has 7 heteroatoms. The largest absolute Gasteiger partial charge is 0.493 e. The molecule has 1 aliphatic rings. The van der Waals surface area contributed by atoms with E-state index in [2.05, 4.69) is 19.7 Å². The van der Waals surface area contributed by atoms with Crippen molar-refractivity contribution in [1.82, 2.24) is 19.7 Å². The number of methoxy groups -OCH3 is 3. The van der Waals surface area contributed by atoms with Crippen LogP contribution in [-0.2, 0) is 19.5 Å². The van der Waals surface area contributed by atoms with E-state index in [1.165, 1.54) is 0 Å². The van der Waals surface area contributed by atoms with Crippen molar-refractivity contribution in [2.45, 2.75) is 19.5 Å². The molecule has 0 aliphatic carbocycles. The van der Waals surface area contributed by atoms with E-state index < -0.39 is 0 Å². The SMILES string of the molecule is COc1ccc(CN2CCc3nncn3CC2)c(OC)c1OC. The Labute approximate surface area is 135 Å². The van der Waals surface area contributed by atoms with E-state index in [-0.39, 0.29) is 0 Å². The van der Waals surface area contributed by atoms with Gasteiger partial charge in [0.25, 0.3) is 0 Å². The first-order chi connectivity index (χ1) is 11.3. The molecule has 0 radical (unpaired) electrons. The molecule has 0 fully saturated rings. The zero-order valence-electron chi connectivity index (χ0n) is 13.8. The Morgan fingerprint density at radius 3 is 2.57 bits per heavy atom. The maximum atomic E-state index is 5.57. The molecule has 7 nitrogen and oxygen atoms in total. The van der Waals surface area contributed by atoms with Crippen molar-refractivity contribution in [1.29, 1.82) is 0 Å². The van der Waals surface area contributed by atoms with Crippen molar-refractivity contribution in [3.05, 3.63) is 29.8 Å². The fraction of sp³-hybridized carbons (Fsp3) is 0.500. The van der Waals surface area contributed by atoms with Crippen molar-refractivity contribution in [3.63, 3.8) is 0 Å². The summed E-state index contributed by atoms with van der Waals surface area (Å²) in [6, 6.07) is 3.95. The van der Waals surface area contributed by atoms with Gasteiger partial charge in [-0.15, -0.1) is 10.2 Å². The molecule has 1 aromatic carbocycles. The van der Waals surface area contributed by atoms with Gasteiger partial charge in [0.1, 0.15) is 12.2 Å². The van der Waals surface area contributed by atoms with Gasteiger partial charge in [-0.3, -0.25) is 4.90 Å². The van der Waals surface area contributed by atoms with Gasteiger partial charge in [-0.05, 0) is 6.07 Å². The molecule has 0 unspecified atom stereocenters. The molecular weight excluding hydrogens is 296 g/mol. The molecular formula is C16H22N4O3. The van der Waals surface area contributed by atoms with Crippen LogP contribution < -0.4 is 14.2 Å². The third-order valence-corrected chi connectivity index (χ3v) is 4.18. The standard InChI is InChI=1S/C16H22N4O3/c1-21-13-5-4-12(15(22-2)16(13)23-3)10-19-7-6-14-18-17-11-20(14)9-8-19/h4-5,11H,6-10H2,1-3H3. The Morgan fingerprint density at radius 2 is 1.83 bits per heavy atom. The van der Waals surface area contributed by atoms with E-state index in [1.807, 2.05) is 12.1 Å². The Bertz CT molecular complexity index is 649. The lowest BCUT2D eigenvalue weighted by Gasteiger charge is -2.22. The molecule has 23 heavy (non-hydrogen) atoms. The van der Waals surface area contributed by atoms with Crippen molar-refractivity contribution in [2.24, 2.45) is 0 Å². The van der Waals surface area contributed by atoms with Crippen LogP contribution in [0.5, 0.6) is 17.2 Å². The fourth-order valence-electron chi connectivity index (χ4n) is 2.97. The second kappa shape index (κ2) is 6.87. The molecule has 2 heterocycles. The lowest BCUT2D eigenvalue weighted by atomic mass is 10.1. The van der Waals surface area contributed by atoms with Gasteiger partial charge < -0.3 is 18.8 Å². The second-order valence-corrected chi connectivity index (χ2v) is 5.46. The van der Waals surface area contributed by atoms with Gasteiger partial charge in [0.2, 0.25) is 5.75 Å². The highest BCUT2D eigenvalue weighted by molar-refractivity contribution is 5.55. The van der Waals surface area contributed by atoms with E-state index in [0.717, 1.165) is 49.7 Å². The monoisotopic (exact) mass is 318 g/mol. The van der Waals surface area contributed by atoms with Crippen LogP contribution in [0.4, 0.5) is 0 Å². The highest BCUT2D eigenvalue weighted by atomic mass is 16.5. The molecule has 124 valence electrons. The number of hydrogen-bond donors (Lipinski definition) is 0. The third kappa shape index (κ3) is 3.10. The van der Waals surface area contributed by atoms with Gasteiger partial charge in [-0.2, -0.15) is 0 Å². The van der Waals surface area contributed by atoms with E-state index in [4.69, 9.17) is 14.2 Å². The molecule has 0 amide bonds. The lowest BCUT2D eigenvalue weighted by molar-refractivity contribution is 0.262. The number of rotatable bonds is 5. The molecule has 0 saturated heterocycles. The van der Waals surface area contributed by atoms with Crippen molar-refractivity contribution in [2.75, 3.05) is 34.4 Å². The lowest BCUT2D eigenvalue weighted by Crippen LogP contribution is -2.26. The number of benzene rings is 1. The zero-order valence-corrected chi connectivity index (χ0v) is 13.8. The van der Waals surface area contributed by atoms with Gasteiger partial charge in [-0.25, -0.2) is 0 Å². The van der Waals surface area contributed by atoms with Crippen LogP contribution in [0.2, 0.25) is 0 Å². The summed E-state index contributed by atoms with van der Waals surface area (Å²) in [5.41, 5.74) is 1.09. The van der Waals surface area contributed by atoms with Crippen LogP contribution >= 0.6 is 0 Å². The van der Waals surface area contributed by atoms with Crippen LogP contribution in [0.25, 0.3) is 0 Å². The van der Waals surface area contributed by atoms with Crippen LogP contribution in [0.15, 0.2) is 18.5 Å². The maximum Gasteiger partial charge on any atom is 0.203 e. The van der Waals surface area contributed by atoms with Crippen LogP contribution in [0, 0.1) is 0 Å². The quantitative estimate of drug-likeness (QED) is 0.829. The van der Waals surface area contributed by atoms with Crippen LogP contribution in [0.1, 0.15) is 11.4 Å². The molecule has 0 spiro atoms. The van der Waals surface area contributed by atoms with E-state index in [9.17, 15) is 0 Å². The number of fused-ring (bicyclic) bond motifs is 1. The average molecular weight is 318 g/mol. The molecule has 0 bridgehead atoms. The van der Waals surface area contributed by atoms with Gasteiger partial charge in [-0.1, -0.05) is 6.07 Å². The molecule has 0 atom stereocenters. The van der Waals surface area contributed by atoms with E-state index in [0.29, 0.717) is 11.5 Å². The number of aromatic nitrogens is 3. The van der Waals surface area contributed by atoms with Crippen molar-refractivity contribution < 1.29 is 14.2 Å². The van der Waals surface area contributed by atoms with Gasteiger partial charge in [0.15, 0.2) is 11.5 Å². The molecule has 1 aliphatic heterocycles. The smallest absolute Gasteiger partial charge is 0.203 e. The normalized spacial score (nSPS) is 14.9. The number of ether oxygens (including phenoxy) is 3. The zero-order chi connectivity index (χ0) is 16.2. The summed E-state index contributed by atoms with van der Waals surface area (Å²) in [4.78, 5) is 2.39. The molecule has 1 aromatic heterocycles. The molecule has 0 saturated carbocycles. The predicted octanol–water partition coefficient (Wildman–Crippen LogP) is 1.36. The van der Waals surface area contributed by atoms with Crippen molar-refractivity contribution in [3.8, 4) is 17.2 Å². The van der Waals surface area contributed by atoms with Gasteiger partial charge in [0, 0.05) is 38.2 Å². The predicted molar refractivity (Wildman–Crippen MR) is 85.1 cm³/mol. The summed E-state index contributed by atoms with van der Waals surface area (Å²) >= 11 is 0. The summed E-state index contributed by atoms with van der Waals surface area (Å²) in [6.07, 6.45) is 2.70. The highest BCUT2D eigenvalue weighted by Crippen LogP contribution is 2.40. The summed E-state index contributed by atoms with van der Waals surface area (Å²) in [5, 5.41) is 8.13. The van der Waals surface area contributed by atoms with Crippen LogP contribution in [0.3, 0.4) is 0 Å². The first kappa shape index (κ1) is 15.6. The first-order valence-electron chi connectivity index (χ1n) is 7.63. The summed E-state index contributed by atoms with van der Waals surface area (Å²) in [5.74, 6) is 3.09. The van der Waals surface area contributed by atoms with E-state index >= 15 is 0 Å². The van der Waals surface area contributed by atoms with Gasteiger partial charge in [0.05, 0.1) is 21.3 Å². The van der Waals surface area contributed by atoms with Gasteiger partial charge >= 0.3 is 0 Å².